The molecule has 0 aliphatic carbocycles. The molecular weight excluding hydrogens is 419 g/mol. The topological polar surface area (TPSA) is 98.8 Å². The predicted octanol–water partition coefficient (Wildman–Crippen LogP) is 2.81. The maximum atomic E-state index is 14.8. The Hall–Kier alpha value is -2.58. The molecule has 2 N–H and O–H groups in total. The lowest BCUT2D eigenvalue weighted by Gasteiger charge is -2.40. The van der Waals surface area contributed by atoms with E-state index in [9.17, 15) is 17.6 Å². The summed E-state index contributed by atoms with van der Waals surface area (Å²) < 4.78 is 45.2. The highest BCUT2D eigenvalue weighted by molar-refractivity contribution is 7.93. The number of carbonyl (C=O) groups is 1. The van der Waals surface area contributed by atoms with Gasteiger partial charge in [0, 0.05) is 19.1 Å². The van der Waals surface area contributed by atoms with Crippen molar-refractivity contribution in [3.8, 4) is 0 Å². The summed E-state index contributed by atoms with van der Waals surface area (Å²) in [5.74, 6) is -1.28. The molecule has 0 amide bonds. The second-order valence-corrected chi connectivity index (χ2v) is 10.7. The van der Waals surface area contributed by atoms with Gasteiger partial charge in [0.2, 0.25) is 0 Å². The number of hydrogen-bond donors (Lipinski definition) is 1. The standard InChI is InChI=1S/C23H27FN2O4S/c1-15-6-5-7-17(10-15)23(3)21(25)26-22(2,14-31(23,28)29)19-12-16(8-9-20(19)24)11-18(27)13-30-4/h5-10,12H,11,13-14H2,1-4H3,(H2,25,26)/t22-,23-/m0/s1. The highest BCUT2D eigenvalue weighted by atomic mass is 32.2. The van der Waals surface area contributed by atoms with Crippen LogP contribution in [0.1, 0.15) is 36.1 Å². The number of aryl methyl sites for hydroxylation is 1. The third kappa shape index (κ3) is 4.14. The summed E-state index contributed by atoms with van der Waals surface area (Å²) in [6, 6.07) is 11.3. The van der Waals surface area contributed by atoms with E-state index in [1.54, 1.807) is 25.1 Å². The molecule has 6 nitrogen and oxygen atoms in total. The number of ketones is 1. The van der Waals surface area contributed by atoms with Gasteiger partial charge in [0.1, 0.15) is 23.8 Å². The molecule has 2 aromatic carbocycles. The summed E-state index contributed by atoms with van der Waals surface area (Å²) in [7, 11) is -2.45. The summed E-state index contributed by atoms with van der Waals surface area (Å²) >= 11 is 0. The molecule has 0 unspecified atom stereocenters. The lowest BCUT2D eigenvalue weighted by molar-refractivity contribution is -0.121. The highest BCUT2D eigenvalue weighted by Crippen LogP contribution is 2.42. The van der Waals surface area contributed by atoms with Crippen LogP contribution in [0.5, 0.6) is 0 Å². The van der Waals surface area contributed by atoms with Crippen molar-refractivity contribution in [2.75, 3.05) is 19.5 Å². The first-order chi connectivity index (χ1) is 14.4. The maximum absolute atomic E-state index is 14.8. The molecule has 1 aliphatic heterocycles. The van der Waals surface area contributed by atoms with Crippen LogP contribution in [0.25, 0.3) is 0 Å². The molecule has 0 spiro atoms. The van der Waals surface area contributed by atoms with E-state index in [1.807, 2.05) is 13.0 Å². The largest absolute Gasteiger partial charge is 0.386 e. The second-order valence-electron chi connectivity index (χ2n) is 8.40. The fourth-order valence-electron chi connectivity index (χ4n) is 4.02. The monoisotopic (exact) mass is 446 g/mol. The van der Waals surface area contributed by atoms with E-state index in [1.165, 1.54) is 32.2 Å². The molecule has 0 fully saturated rings. The van der Waals surface area contributed by atoms with E-state index in [0.29, 0.717) is 11.1 Å². The van der Waals surface area contributed by atoms with E-state index < -0.39 is 31.7 Å². The maximum Gasteiger partial charge on any atom is 0.169 e. The summed E-state index contributed by atoms with van der Waals surface area (Å²) in [5.41, 5.74) is 6.92. The first-order valence-electron chi connectivity index (χ1n) is 9.88. The number of sulfone groups is 1. The number of amidine groups is 1. The molecule has 2 atom stereocenters. The van der Waals surface area contributed by atoms with Gasteiger partial charge in [0.15, 0.2) is 20.4 Å². The molecule has 166 valence electrons. The number of methoxy groups -OCH3 is 1. The zero-order chi connectivity index (χ0) is 23.0. The van der Waals surface area contributed by atoms with Gasteiger partial charge in [-0.05, 0) is 44.0 Å². The van der Waals surface area contributed by atoms with Crippen LogP contribution in [0, 0.1) is 12.7 Å². The highest BCUT2D eigenvalue weighted by Gasteiger charge is 2.53. The van der Waals surface area contributed by atoms with Crippen molar-refractivity contribution in [2.45, 2.75) is 37.5 Å². The third-order valence-corrected chi connectivity index (χ3v) is 8.47. The van der Waals surface area contributed by atoms with Gasteiger partial charge < -0.3 is 10.5 Å². The summed E-state index contributed by atoms with van der Waals surface area (Å²) in [5, 5.41) is 0. The molecule has 3 rings (SSSR count). The predicted molar refractivity (Wildman–Crippen MR) is 118 cm³/mol. The van der Waals surface area contributed by atoms with Gasteiger partial charge in [-0.15, -0.1) is 0 Å². The Kier molecular flexibility index (Phi) is 6.08. The van der Waals surface area contributed by atoms with Gasteiger partial charge in [0.25, 0.3) is 0 Å². The molecular formula is C23H27FN2O4S. The molecule has 31 heavy (non-hydrogen) atoms. The van der Waals surface area contributed by atoms with Crippen molar-refractivity contribution in [3.63, 3.8) is 0 Å². The molecule has 0 saturated carbocycles. The number of nitrogens with two attached hydrogens (primary N) is 1. The SMILES string of the molecule is COCC(=O)Cc1ccc(F)c([C@]2(C)CS(=O)(=O)[C@@](C)(c3cccc(C)c3)C(N)=N2)c1. The summed E-state index contributed by atoms with van der Waals surface area (Å²) in [6.07, 6.45) is 0.0458. The molecule has 0 radical (unpaired) electrons. The zero-order valence-electron chi connectivity index (χ0n) is 18.1. The minimum atomic E-state index is -3.87. The van der Waals surface area contributed by atoms with Crippen LogP contribution >= 0.6 is 0 Å². The Morgan fingerprint density at radius 1 is 1.23 bits per heavy atom. The normalized spacial score (nSPS) is 25.1. The average Bonchev–Trinajstić information content (AvgIpc) is 2.67. The Bertz CT molecular complexity index is 1160. The van der Waals surface area contributed by atoms with Crippen molar-refractivity contribution < 1.29 is 22.3 Å². The number of benzene rings is 2. The van der Waals surface area contributed by atoms with Crippen LogP contribution in [0.15, 0.2) is 47.5 Å². The number of carbonyl (C=O) groups excluding carboxylic acids is 1. The Labute approximate surface area is 182 Å². The Balaban J connectivity index is 2.10. The van der Waals surface area contributed by atoms with Gasteiger partial charge in [0.05, 0.1) is 5.75 Å². The van der Waals surface area contributed by atoms with E-state index in [2.05, 4.69) is 4.99 Å². The molecule has 0 saturated heterocycles. The van der Waals surface area contributed by atoms with Crippen LogP contribution in [-0.4, -0.2) is 39.5 Å². The van der Waals surface area contributed by atoms with Crippen molar-refractivity contribution in [3.05, 3.63) is 70.5 Å². The second kappa shape index (κ2) is 8.16. The Morgan fingerprint density at radius 3 is 2.55 bits per heavy atom. The number of halogens is 1. The van der Waals surface area contributed by atoms with Crippen molar-refractivity contribution in [1.29, 1.82) is 0 Å². The van der Waals surface area contributed by atoms with Gasteiger partial charge in [-0.2, -0.15) is 0 Å². The number of hydrogen-bond acceptors (Lipinski definition) is 6. The molecule has 1 heterocycles. The van der Waals surface area contributed by atoms with E-state index >= 15 is 0 Å². The molecule has 2 aromatic rings. The van der Waals surface area contributed by atoms with E-state index in [4.69, 9.17) is 10.5 Å². The van der Waals surface area contributed by atoms with Gasteiger partial charge in [-0.25, -0.2) is 12.8 Å². The van der Waals surface area contributed by atoms with Crippen molar-refractivity contribution in [1.82, 2.24) is 0 Å². The van der Waals surface area contributed by atoms with Crippen LogP contribution in [0.4, 0.5) is 4.39 Å². The lowest BCUT2D eigenvalue weighted by Crippen LogP contribution is -2.54. The van der Waals surface area contributed by atoms with Gasteiger partial charge >= 0.3 is 0 Å². The quantitative estimate of drug-likeness (QED) is 0.736. The number of nitrogens with zero attached hydrogens (tertiary/aromatic N) is 1. The molecule has 0 bridgehead atoms. The smallest absolute Gasteiger partial charge is 0.169 e. The molecule has 0 aromatic heterocycles. The third-order valence-electron chi connectivity index (χ3n) is 5.84. The zero-order valence-corrected chi connectivity index (χ0v) is 18.9. The summed E-state index contributed by atoms with van der Waals surface area (Å²) in [4.78, 5) is 16.4. The Morgan fingerprint density at radius 2 is 1.94 bits per heavy atom. The van der Waals surface area contributed by atoms with Crippen LogP contribution in [0.2, 0.25) is 0 Å². The van der Waals surface area contributed by atoms with Crippen LogP contribution < -0.4 is 5.73 Å². The minimum absolute atomic E-state index is 0.0458. The molecule has 8 heteroatoms. The first-order valence-corrected chi connectivity index (χ1v) is 11.5. The van der Waals surface area contributed by atoms with Crippen molar-refractivity contribution in [2.24, 2.45) is 10.7 Å². The summed E-state index contributed by atoms with van der Waals surface area (Å²) in [6.45, 7) is 4.89. The van der Waals surface area contributed by atoms with E-state index in [0.717, 1.165) is 5.56 Å². The van der Waals surface area contributed by atoms with Crippen LogP contribution in [0.3, 0.4) is 0 Å². The average molecular weight is 447 g/mol. The fraction of sp³-hybridized carbons (Fsp3) is 0.391. The lowest BCUT2D eigenvalue weighted by atomic mass is 9.90. The molecule has 1 aliphatic rings. The van der Waals surface area contributed by atoms with Crippen molar-refractivity contribution >= 4 is 21.5 Å². The van der Waals surface area contributed by atoms with Crippen LogP contribution in [-0.2, 0) is 36.1 Å². The number of Topliss-reactive ketones (excluding diaryl/α,β-unsaturated/α-hetero) is 1. The number of rotatable bonds is 6. The number of ether oxygens (including phenoxy) is 1. The fourth-order valence-corrected chi connectivity index (χ4v) is 6.12. The van der Waals surface area contributed by atoms with E-state index in [-0.39, 0.29) is 30.2 Å². The van der Waals surface area contributed by atoms with Gasteiger partial charge in [-0.3, -0.25) is 9.79 Å². The minimum Gasteiger partial charge on any atom is -0.386 e. The number of aliphatic imine (C=N–C) groups is 1. The first kappa shape index (κ1) is 23.1. The van der Waals surface area contributed by atoms with Gasteiger partial charge in [-0.1, -0.05) is 35.9 Å².